The molecule has 1 amide bonds. The molecule has 354 valence electrons. The maximum Gasteiger partial charge on any atom is 0.412 e. The number of amides is 1. The second-order valence-electron chi connectivity index (χ2n) is 18.0. The van der Waals surface area contributed by atoms with Crippen molar-refractivity contribution in [2.24, 2.45) is 22.9 Å². The molecule has 3 heterocycles. The van der Waals surface area contributed by atoms with Crippen LogP contribution < -0.4 is 14.8 Å². The molecule has 0 spiro atoms. The molecule has 3 N–H and O–H groups in total. The second-order valence-corrected chi connectivity index (χ2v) is 19.3. The zero-order valence-corrected chi connectivity index (χ0v) is 39.3. The van der Waals surface area contributed by atoms with Crippen molar-refractivity contribution in [3.05, 3.63) is 72.4 Å². The fraction of sp³-hybridized carbons (Fsp3) is 0.686. The Hall–Kier alpha value is -3.49. The predicted octanol–water partition coefficient (Wildman–Crippen LogP) is 10.6. The molecule has 2 aliphatic heterocycles. The van der Waals surface area contributed by atoms with Gasteiger partial charge in [-0.15, -0.1) is 6.58 Å². The summed E-state index contributed by atoms with van der Waals surface area (Å²) in [6, 6.07) is 5.76. The number of unbranched alkanes of at least 4 members (excludes halogenated alkanes) is 11. The molecule has 13 heteroatoms. The lowest BCUT2D eigenvalue weighted by atomic mass is 9.56. The lowest BCUT2D eigenvalue weighted by molar-refractivity contribution is -0.223. The minimum Gasteiger partial charge on any atom is -0.460 e. The number of nitrogens with one attached hydrogen (secondary N) is 1. The highest BCUT2D eigenvalue weighted by Crippen LogP contribution is 2.62. The number of thioether (sulfide) groups is 1. The number of rotatable bonds is 29. The second kappa shape index (κ2) is 27.2. The first-order chi connectivity index (χ1) is 31.5. The van der Waals surface area contributed by atoms with Crippen molar-refractivity contribution in [2.45, 2.75) is 165 Å². The van der Waals surface area contributed by atoms with Crippen LogP contribution in [0.15, 0.2) is 66.2 Å². The Balaban J connectivity index is 1.31. The summed E-state index contributed by atoms with van der Waals surface area (Å²) in [7, 11) is 0. The molecule has 7 atom stereocenters. The Morgan fingerprint density at radius 1 is 1.00 bits per heavy atom. The zero-order chi connectivity index (χ0) is 44.8. The van der Waals surface area contributed by atoms with Crippen LogP contribution >= 0.6 is 11.8 Å². The maximum atomic E-state index is 13.3. The molecule has 6 rings (SSSR count). The first-order valence-electron chi connectivity index (χ1n) is 24.7. The Labute approximate surface area is 386 Å². The van der Waals surface area contributed by atoms with E-state index in [1.165, 1.54) is 51.4 Å². The summed E-state index contributed by atoms with van der Waals surface area (Å²) in [6.45, 7) is 8.07. The van der Waals surface area contributed by atoms with Gasteiger partial charge in [-0.1, -0.05) is 94.9 Å². The molecular formula is C51H76N4O8S. The molecule has 0 radical (unpaired) electrons. The molecule has 2 fully saturated rings. The number of fused-ring (bicyclic) bond motifs is 2. The van der Waals surface area contributed by atoms with Crippen LogP contribution in [0.2, 0.25) is 0 Å². The van der Waals surface area contributed by atoms with E-state index in [9.17, 15) is 15.0 Å². The molecule has 7 unspecified atom stereocenters. The van der Waals surface area contributed by atoms with Gasteiger partial charge in [0.25, 0.3) is 0 Å². The molecule has 0 bridgehead atoms. The number of allylic oxidation sites excluding steroid dienone is 1. The molecular weight excluding hydrogens is 829 g/mol. The van der Waals surface area contributed by atoms with Gasteiger partial charge in [0.2, 0.25) is 12.1 Å². The number of aromatic nitrogens is 2. The Morgan fingerprint density at radius 2 is 1.78 bits per heavy atom. The third-order valence-electron chi connectivity index (χ3n) is 13.3. The Morgan fingerprint density at radius 3 is 2.50 bits per heavy atom. The van der Waals surface area contributed by atoms with E-state index in [1.807, 2.05) is 24.4 Å². The van der Waals surface area contributed by atoms with E-state index in [1.54, 1.807) is 30.2 Å². The number of aryl methyl sites for hydroxylation is 1. The number of oxime groups is 1. The number of hydrogen-bond donors (Lipinski definition) is 3. The number of carbonyl (C=O) groups excluding carboxylic acids is 1. The monoisotopic (exact) mass is 905 g/mol. The van der Waals surface area contributed by atoms with Gasteiger partial charge in [0.1, 0.15) is 11.5 Å². The van der Waals surface area contributed by atoms with Crippen molar-refractivity contribution >= 4 is 23.6 Å². The lowest BCUT2D eigenvalue weighted by Crippen LogP contribution is -2.64. The predicted molar refractivity (Wildman–Crippen MR) is 254 cm³/mol. The smallest absolute Gasteiger partial charge is 0.412 e. The van der Waals surface area contributed by atoms with Gasteiger partial charge >= 0.3 is 6.09 Å². The van der Waals surface area contributed by atoms with Crippen molar-refractivity contribution in [2.75, 3.05) is 38.7 Å². The molecule has 1 saturated carbocycles. The number of aliphatic hydroxyl groups excluding tert-OH is 2. The first-order valence-corrected chi connectivity index (χ1v) is 25.7. The number of nitrogens with zero attached hydrogens (tertiary/aromatic N) is 3. The number of ether oxygens (including phenoxy) is 4. The van der Waals surface area contributed by atoms with Gasteiger partial charge in [-0.25, -0.2) is 4.79 Å². The first kappa shape index (κ1) is 49.9. The van der Waals surface area contributed by atoms with E-state index in [0.29, 0.717) is 43.9 Å². The molecule has 1 aromatic carbocycles. The largest absolute Gasteiger partial charge is 0.460 e. The van der Waals surface area contributed by atoms with Gasteiger partial charge in [0, 0.05) is 69.1 Å². The van der Waals surface area contributed by atoms with Crippen molar-refractivity contribution < 1.29 is 38.8 Å². The fourth-order valence-electron chi connectivity index (χ4n) is 10.2. The molecule has 1 saturated heterocycles. The Kier molecular flexibility index (Phi) is 21.2. The zero-order valence-electron chi connectivity index (χ0n) is 38.5. The molecule has 64 heavy (non-hydrogen) atoms. The van der Waals surface area contributed by atoms with Gasteiger partial charge < -0.3 is 39.3 Å². The highest BCUT2D eigenvalue weighted by atomic mass is 32.2. The molecule has 4 aliphatic rings. The standard InChI is InChI=1S/C51H76N4O8S/c1-3-5-6-7-8-9-10-11-12-16-26-54-50(58)61-40-23-24-45-43(35-40)48-41(21-14-18-30-57)38(20-13-17-29-56)34-42-44(55-63-47-22-15-19-32-59-47)36-46(51(62-45,49(42)48)60-31-4-2)64-33-25-39-37-52-27-28-53-39/h4,23-24,27-28,34-35,37-38,41,46-49,56-57H,2-3,5-22,25-26,29-33,36H2,1H3,(H,54,58). The third-order valence-corrected chi connectivity index (χ3v) is 14.7. The number of hydrogen-bond acceptors (Lipinski definition) is 12. The van der Waals surface area contributed by atoms with Crippen LogP contribution in [0.5, 0.6) is 11.5 Å². The Bertz CT molecular complexity index is 1760. The minimum atomic E-state index is -1.11. The SMILES string of the molecule is C=CCOC12Oc3ccc(OC(=O)NCCCCCCCCCCCC)cc3C3C(CCCCO)C(CCCCO)C=C(C(=NOC4CCCCO4)CC1SCCc1cnccn1)C32. The quantitative estimate of drug-likeness (QED) is 0.0406. The van der Waals surface area contributed by atoms with E-state index in [-0.39, 0.29) is 48.7 Å². The van der Waals surface area contributed by atoms with E-state index in [0.717, 1.165) is 92.5 Å². The van der Waals surface area contributed by atoms with Crippen molar-refractivity contribution in [3.63, 3.8) is 0 Å². The highest BCUT2D eigenvalue weighted by molar-refractivity contribution is 8.00. The van der Waals surface area contributed by atoms with Gasteiger partial charge in [-0.05, 0) is 86.3 Å². The third kappa shape index (κ3) is 14.0. The molecule has 2 aliphatic carbocycles. The van der Waals surface area contributed by atoms with Gasteiger partial charge in [0.05, 0.1) is 35.8 Å². The van der Waals surface area contributed by atoms with Crippen molar-refractivity contribution in [1.29, 1.82) is 0 Å². The summed E-state index contributed by atoms with van der Waals surface area (Å²) in [5.74, 6) is 0.650. The average Bonchev–Trinajstić information content (AvgIpc) is 3.31. The molecule has 1 aromatic heterocycles. The number of benzene rings is 1. The summed E-state index contributed by atoms with van der Waals surface area (Å²) in [5, 5.41) is 27.6. The van der Waals surface area contributed by atoms with Crippen LogP contribution in [0.1, 0.15) is 153 Å². The normalized spacial score (nSPS) is 25.4. The van der Waals surface area contributed by atoms with E-state index < -0.39 is 18.2 Å². The summed E-state index contributed by atoms with van der Waals surface area (Å²) in [4.78, 5) is 28.4. The maximum absolute atomic E-state index is 13.3. The number of aliphatic hydroxyl groups is 2. The highest BCUT2D eigenvalue weighted by Gasteiger charge is 2.64. The van der Waals surface area contributed by atoms with E-state index in [2.05, 4.69) is 34.9 Å². The average molecular weight is 905 g/mol. The van der Waals surface area contributed by atoms with E-state index >= 15 is 0 Å². The van der Waals surface area contributed by atoms with Crippen LogP contribution in [0.4, 0.5) is 4.79 Å². The van der Waals surface area contributed by atoms with E-state index in [4.69, 9.17) is 28.9 Å². The van der Waals surface area contributed by atoms with Gasteiger partial charge in [-0.3, -0.25) is 9.97 Å². The van der Waals surface area contributed by atoms with Crippen molar-refractivity contribution in [3.8, 4) is 11.5 Å². The molecule has 2 aromatic rings. The van der Waals surface area contributed by atoms with Crippen LogP contribution in [0.3, 0.4) is 0 Å². The van der Waals surface area contributed by atoms with Crippen LogP contribution in [0, 0.1) is 17.8 Å². The summed E-state index contributed by atoms with van der Waals surface area (Å²) in [5.41, 5.74) is 3.80. The topological polar surface area (TPSA) is 154 Å². The van der Waals surface area contributed by atoms with Gasteiger partial charge in [0.15, 0.2) is 0 Å². The number of carbonyl (C=O) groups is 1. The van der Waals surface area contributed by atoms with Crippen LogP contribution in [-0.2, 0) is 20.7 Å². The van der Waals surface area contributed by atoms with Crippen molar-refractivity contribution in [1.82, 2.24) is 15.3 Å². The summed E-state index contributed by atoms with van der Waals surface area (Å²) in [6.07, 6.45) is 29.8. The van der Waals surface area contributed by atoms with Gasteiger partial charge in [-0.2, -0.15) is 11.8 Å². The summed E-state index contributed by atoms with van der Waals surface area (Å²) >= 11 is 1.79. The molecule has 12 nitrogen and oxygen atoms in total. The summed E-state index contributed by atoms with van der Waals surface area (Å²) < 4.78 is 26.4. The van der Waals surface area contributed by atoms with Crippen LogP contribution in [0.25, 0.3) is 0 Å². The lowest BCUT2D eigenvalue weighted by Gasteiger charge is -2.58. The minimum absolute atomic E-state index is 0.121. The van der Waals surface area contributed by atoms with Crippen LogP contribution in [-0.4, -0.2) is 88.0 Å². The fourth-order valence-corrected chi connectivity index (χ4v) is 11.5.